The summed E-state index contributed by atoms with van der Waals surface area (Å²) in [5, 5.41) is 15.8. The number of morpholine rings is 1. The molecule has 4 aromatic rings. The van der Waals surface area contributed by atoms with Gasteiger partial charge in [-0.2, -0.15) is 4.98 Å². The third kappa shape index (κ3) is 8.09. The van der Waals surface area contributed by atoms with E-state index >= 15 is 0 Å². The zero-order chi connectivity index (χ0) is 38.2. The van der Waals surface area contributed by atoms with Crippen molar-refractivity contribution in [3.05, 3.63) is 64.6 Å². The fourth-order valence-corrected chi connectivity index (χ4v) is 9.50. The van der Waals surface area contributed by atoms with E-state index in [4.69, 9.17) is 14.5 Å². The molecule has 0 radical (unpaired) electrons. The smallest absolute Gasteiger partial charge is 0.312 e. The third-order valence-electron chi connectivity index (χ3n) is 12.0. The number of carbonyl (C=O) groups is 1. The number of hydrogen-bond acceptors (Lipinski definition) is 13. The Morgan fingerprint density at radius 1 is 1.05 bits per heavy atom. The van der Waals surface area contributed by atoms with Crippen molar-refractivity contribution in [2.45, 2.75) is 69.2 Å². The highest BCUT2D eigenvalue weighted by Crippen LogP contribution is 2.51. The zero-order valence-corrected chi connectivity index (χ0v) is 31.7. The molecule has 0 unspecified atom stereocenters. The number of H-pyrrole nitrogens is 1. The molecule has 4 aromatic heterocycles. The fourth-order valence-electron chi connectivity index (χ4n) is 8.57. The highest BCUT2D eigenvalue weighted by atomic mass is 32.2. The number of fused-ring (bicyclic) bond motifs is 1. The first-order valence-corrected chi connectivity index (χ1v) is 20.7. The van der Waals surface area contributed by atoms with Crippen LogP contribution in [0, 0.1) is 27.4 Å². The molecule has 0 atom stereocenters. The number of aromatic nitrogens is 4. The minimum absolute atomic E-state index is 0.0183. The summed E-state index contributed by atoms with van der Waals surface area (Å²) in [5.41, 5.74) is 0.338. The van der Waals surface area contributed by atoms with Crippen LogP contribution in [0.1, 0.15) is 68.6 Å². The van der Waals surface area contributed by atoms with Crippen molar-refractivity contribution >= 4 is 44.3 Å². The van der Waals surface area contributed by atoms with E-state index in [0.717, 1.165) is 95.6 Å². The van der Waals surface area contributed by atoms with Gasteiger partial charge in [0.2, 0.25) is 11.7 Å². The number of nitrogens with zero attached hydrogens (tertiary/aromatic N) is 6. The molecule has 2 saturated carbocycles. The summed E-state index contributed by atoms with van der Waals surface area (Å²) >= 11 is 0. The third-order valence-corrected chi connectivity index (χ3v) is 13.3. The van der Waals surface area contributed by atoms with E-state index in [9.17, 15) is 23.3 Å². The van der Waals surface area contributed by atoms with Crippen LogP contribution in [-0.2, 0) is 14.8 Å². The lowest BCUT2D eigenvalue weighted by Crippen LogP contribution is -2.57. The highest BCUT2D eigenvalue weighted by molar-refractivity contribution is 7.90. The Morgan fingerprint density at radius 3 is 2.56 bits per heavy atom. The molecule has 16 nitrogen and oxygen atoms in total. The van der Waals surface area contributed by atoms with Crippen molar-refractivity contribution in [1.29, 1.82) is 0 Å². The van der Waals surface area contributed by atoms with Gasteiger partial charge in [0.25, 0.3) is 15.9 Å². The Hall–Kier alpha value is -4.87. The minimum Gasteiger partial charge on any atom is -0.436 e. The van der Waals surface area contributed by atoms with Gasteiger partial charge < -0.3 is 24.7 Å². The summed E-state index contributed by atoms with van der Waals surface area (Å²) in [6.07, 6.45) is 12.9. The molecule has 292 valence electrons. The molecule has 4 fully saturated rings. The molecule has 1 amide bonds. The number of nitrogens with one attached hydrogen (secondary N) is 3. The molecule has 8 rings (SSSR count). The van der Waals surface area contributed by atoms with E-state index in [-0.39, 0.29) is 17.3 Å². The molecular weight excluding hydrogens is 727 g/mol. The van der Waals surface area contributed by atoms with Crippen LogP contribution in [0.15, 0.2) is 53.8 Å². The number of pyridine rings is 3. The van der Waals surface area contributed by atoms with Gasteiger partial charge in [-0.3, -0.25) is 19.8 Å². The number of ether oxygens (including phenoxy) is 2. The van der Waals surface area contributed by atoms with E-state index in [1.165, 1.54) is 25.1 Å². The number of nitro groups is 1. The van der Waals surface area contributed by atoms with Crippen molar-refractivity contribution in [2.24, 2.45) is 17.3 Å². The van der Waals surface area contributed by atoms with Crippen molar-refractivity contribution in [1.82, 2.24) is 29.6 Å². The molecule has 1 spiro atoms. The monoisotopic (exact) mass is 773 g/mol. The molecule has 2 saturated heterocycles. The SMILES string of the molecule is C[C@H]1CC[C@@H](CNc2ncc(S(=O)(=O)NC(=O)c3ccc(N4CCC5(CC4)CC(N4CCOCC4)C5)nc3Oc3cnc4[nH]ccc4c3)cc2[N+](=O)[O-])CC1. The molecule has 2 aliphatic carbocycles. The van der Waals surface area contributed by atoms with E-state index in [2.05, 4.69) is 41.7 Å². The lowest BCUT2D eigenvalue weighted by molar-refractivity contribution is -0.384. The van der Waals surface area contributed by atoms with E-state index < -0.39 is 31.4 Å². The van der Waals surface area contributed by atoms with Gasteiger partial charge >= 0.3 is 5.69 Å². The van der Waals surface area contributed by atoms with Crippen LogP contribution in [0.5, 0.6) is 11.6 Å². The van der Waals surface area contributed by atoms with Crippen LogP contribution in [0.2, 0.25) is 0 Å². The maximum Gasteiger partial charge on any atom is 0.312 e. The lowest BCUT2D eigenvalue weighted by Gasteiger charge is -2.56. The number of piperidine rings is 1. The normalized spacial score (nSPS) is 21.9. The highest BCUT2D eigenvalue weighted by Gasteiger charge is 2.48. The van der Waals surface area contributed by atoms with E-state index in [1.54, 1.807) is 18.3 Å². The number of anilines is 2. The molecule has 55 heavy (non-hydrogen) atoms. The first kappa shape index (κ1) is 37.1. The molecule has 4 aliphatic rings. The first-order valence-electron chi connectivity index (χ1n) is 19.2. The van der Waals surface area contributed by atoms with Gasteiger partial charge in [0.1, 0.15) is 27.7 Å². The summed E-state index contributed by atoms with van der Waals surface area (Å²) < 4.78 is 40.9. The maximum atomic E-state index is 13.8. The van der Waals surface area contributed by atoms with Gasteiger partial charge in [0.15, 0.2) is 0 Å². The number of sulfonamides is 1. The van der Waals surface area contributed by atoms with Gasteiger partial charge in [-0.25, -0.2) is 23.1 Å². The van der Waals surface area contributed by atoms with Crippen LogP contribution in [0.25, 0.3) is 11.0 Å². The summed E-state index contributed by atoms with van der Waals surface area (Å²) in [6, 6.07) is 8.29. The Morgan fingerprint density at radius 2 is 1.82 bits per heavy atom. The Bertz CT molecular complexity index is 2150. The van der Waals surface area contributed by atoms with Gasteiger partial charge in [0.05, 0.1) is 30.5 Å². The molecule has 0 bridgehead atoms. The van der Waals surface area contributed by atoms with Crippen LogP contribution in [-0.4, -0.2) is 96.1 Å². The van der Waals surface area contributed by atoms with E-state index in [0.29, 0.717) is 47.1 Å². The van der Waals surface area contributed by atoms with Crippen molar-refractivity contribution in [3.8, 4) is 11.6 Å². The molecule has 3 N–H and O–H groups in total. The molecular formula is C38H47N9O7S. The zero-order valence-electron chi connectivity index (χ0n) is 30.9. The van der Waals surface area contributed by atoms with Crippen molar-refractivity contribution < 1.29 is 27.6 Å². The Kier molecular flexibility index (Phi) is 10.3. The van der Waals surface area contributed by atoms with Gasteiger partial charge in [-0.15, -0.1) is 0 Å². The summed E-state index contributed by atoms with van der Waals surface area (Å²) in [4.78, 5) is 45.6. The number of carbonyl (C=O) groups excluding carboxylic acids is 1. The second-order valence-electron chi connectivity index (χ2n) is 15.6. The fraction of sp³-hybridized carbons (Fsp3) is 0.526. The van der Waals surface area contributed by atoms with Gasteiger partial charge in [-0.05, 0) is 80.0 Å². The Labute approximate surface area is 319 Å². The molecule has 2 aliphatic heterocycles. The predicted octanol–water partition coefficient (Wildman–Crippen LogP) is 5.49. The average molecular weight is 774 g/mol. The summed E-state index contributed by atoms with van der Waals surface area (Å²) in [7, 11) is -4.60. The minimum atomic E-state index is -4.60. The van der Waals surface area contributed by atoms with Gasteiger partial charge in [0, 0.05) is 56.4 Å². The summed E-state index contributed by atoms with van der Waals surface area (Å²) in [5.74, 6) is 0.793. The van der Waals surface area contributed by atoms with E-state index in [1.807, 2.05) is 6.07 Å². The summed E-state index contributed by atoms with van der Waals surface area (Å²) in [6.45, 7) is 7.87. The van der Waals surface area contributed by atoms with Crippen molar-refractivity contribution in [3.63, 3.8) is 0 Å². The number of hydrogen-bond donors (Lipinski definition) is 3. The standard InChI is InChI=1S/C38H47N9O7S/c1-25-2-4-26(5-3-25)22-40-35-32(47(49)50)19-30(24-42-35)55(51,52)44-36(48)31-6-7-33(43-37(31)54-29-18-27-8-11-39-34(27)41-23-29)46-12-9-38(10-13-46)20-28(21-38)45-14-16-53-17-15-45/h6-8,11,18-19,23-26,28H,2-5,9-10,12-17,20-22H2,1H3,(H,39,41)(H,40,42)(H,44,48)/t25-,26+. The Balaban J connectivity index is 0.991. The second-order valence-corrected chi connectivity index (χ2v) is 17.3. The molecule has 6 heterocycles. The number of aromatic amines is 1. The predicted molar refractivity (Wildman–Crippen MR) is 205 cm³/mol. The second kappa shape index (κ2) is 15.3. The lowest BCUT2D eigenvalue weighted by atomic mass is 9.60. The van der Waals surface area contributed by atoms with Gasteiger partial charge in [-0.1, -0.05) is 19.8 Å². The van der Waals surface area contributed by atoms with Crippen LogP contribution >= 0.6 is 0 Å². The van der Waals surface area contributed by atoms with Crippen molar-refractivity contribution in [2.75, 3.05) is 56.2 Å². The van der Waals surface area contributed by atoms with Crippen LogP contribution in [0.3, 0.4) is 0 Å². The maximum absolute atomic E-state index is 13.8. The topological polar surface area (TPSA) is 198 Å². The average Bonchev–Trinajstić information content (AvgIpc) is 3.65. The first-order chi connectivity index (χ1) is 26.5. The van der Waals surface area contributed by atoms with Crippen LogP contribution in [0.4, 0.5) is 17.3 Å². The molecule has 0 aromatic carbocycles. The largest absolute Gasteiger partial charge is 0.436 e. The number of amides is 1. The van der Waals surface area contributed by atoms with Crippen LogP contribution < -0.4 is 19.7 Å². The number of rotatable bonds is 11. The quantitative estimate of drug-likeness (QED) is 0.128. The molecule has 17 heteroatoms.